The number of ether oxygens (including phenoxy) is 2. The maximum absolute atomic E-state index is 13.0. The smallest absolute Gasteiger partial charge is 0.297 e. The van der Waals surface area contributed by atoms with Gasteiger partial charge in [0.05, 0.1) is 0 Å². The lowest BCUT2D eigenvalue weighted by Crippen LogP contribution is -2.22. The van der Waals surface area contributed by atoms with Crippen LogP contribution in [0.5, 0.6) is 11.5 Å². The molecule has 0 amide bonds. The standard InChI is InChI=1S/C22H13BrN4O4S/c23-14-4-2-13(3-5-14)16-7-8-18(31-16)20-26-27-21(28)15(24-25-22(27)32-20)9-12-1-6-17-19(10-12)30-11-29-17/h1-8,10H,9,11H2. The topological polar surface area (TPSA) is 91.8 Å². The molecule has 5 aromatic rings. The summed E-state index contributed by atoms with van der Waals surface area (Å²) in [7, 11) is 0. The van der Waals surface area contributed by atoms with E-state index in [4.69, 9.17) is 13.9 Å². The molecule has 3 aromatic heterocycles. The van der Waals surface area contributed by atoms with Crippen LogP contribution < -0.4 is 15.0 Å². The van der Waals surface area contributed by atoms with E-state index in [1.54, 1.807) is 0 Å². The van der Waals surface area contributed by atoms with Gasteiger partial charge in [-0.05, 0) is 42.0 Å². The average Bonchev–Trinajstić information content (AvgIpc) is 3.55. The molecule has 0 fully saturated rings. The molecular formula is C22H13BrN4O4S. The predicted octanol–water partition coefficient (Wildman–Crippen LogP) is 4.56. The second-order valence-corrected chi connectivity index (χ2v) is 8.96. The Balaban J connectivity index is 1.32. The molecule has 32 heavy (non-hydrogen) atoms. The molecule has 0 saturated carbocycles. The van der Waals surface area contributed by atoms with Crippen molar-refractivity contribution in [1.29, 1.82) is 0 Å². The van der Waals surface area contributed by atoms with Gasteiger partial charge < -0.3 is 13.9 Å². The lowest BCUT2D eigenvalue weighted by molar-refractivity contribution is 0.174. The van der Waals surface area contributed by atoms with Gasteiger partial charge in [-0.25, -0.2) is 0 Å². The first kappa shape index (κ1) is 19.2. The molecule has 0 saturated heterocycles. The van der Waals surface area contributed by atoms with E-state index in [2.05, 4.69) is 31.2 Å². The van der Waals surface area contributed by atoms with E-state index in [-0.39, 0.29) is 12.4 Å². The van der Waals surface area contributed by atoms with Crippen LogP contribution in [0.1, 0.15) is 11.3 Å². The molecule has 2 aromatic carbocycles. The first-order chi connectivity index (χ1) is 15.6. The van der Waals surface area contributed by atoms with Crippen LogP contribution in [0, 0.1) is 0 Å². The molecule has 0 N–H and O–H groups in total. The van der Waals surface area contributed by atoms with Crippen molar-refractivity contribution >= 4 is 32.2 Å². The van der Waals surface area contributed by atoms with Crippen molar-refractivity contribution in [3.8, 4) is 33.6 Å². The summed E-state index contributed by atoms with van der Waals surface area (Å²) in [4.78, 5) is 13.4. The van der Waals surface area contributed by atoms with Crippen molar-refractivity contribution < 1.29 is 13.9 Å². The van der Waals surface area contributed by atoms with E-state index in [1.807, 2.05) is 54.6 Å². The van der Waals surface area contributed by atoms with Crippen LogP contribution in [-0.2, 0) is 6.42 Å². The van der Waals surface area contributed by atoms with Gasteiger partial charge in [-0.15, -0.1) is 15.3 Å². The van der Waals surface area contributed by atoms with E-state index in [0.717, 1.165) is 15.6 Å². The molecule has 0 atom stereocenters. The van der Waals surface area contributed by atoms with Crippen molar-refractivity contribution in [1.82, 2.24) is 19.8 Å². The summed E-state index contributed by atoms with van der Waals surface area (Å²) in [6, 6.07) is 17.1. The highest BCUT2D eigenvalue weighted by Gasteiger charge is 2.18. The zero-order valence-corrected chi connectivity index (χ0v) is 18.7. The van der Waals surface area contributed by atoms with Crippen molar-refractivity contribution in [2.24, 2.45) is 0 Å². The third-order valence-corrected chi connectivity index (χ3v) is 6.45. The Morgan fingerprint density at radius 2 is 1.78 bits per heavy atom. The number of hydrogen-bond donors (Lipinski definition) is 0. The molecule has 1 aliphatic rings. The van der Waals surface area contributed by atoms with Crippen LogP contribution in [0.4, 0.5) is 0 Å². The van der Waals surface area contributed by atoms with Gasteiger partial charge in [0.1, 0.15) is 11.5 Å². The minimum absolute atomic E-state index is 0.200. The Bertz CT molecular complexity index is 1520. The summed E-state index contributed by atoms with van der Waals surface area (Å²) in [5.41, 5.74) is 1.81. The third-order valence-electron chi connectivity index (χ3n) is 5.01. The maximum Gasteiger partial charge on any atom is 0.297 e. The fraction of sp³-hybridized carbons (Fsp3) is 0.0909. The Kier molecular flexibility index (Phi) is 4.54. The summed E-state index contributed by atoms with van der Waals surface area (Å²) in [5, 5.41) is 13.3. The monoisotopic (exact) mass is 508 g/mol. The molecule has 0 unspecified atom stereocenters. The van der Waals surface area contributed by atoms with E-state index < -0.39 is 0 Å². The Labute approximate surface area is 193 Å². The quantitative estimate of drug-likeness (QED) is 0.351. The Hall–Kier alpha value is -3.50. The summed E-state index contributed by atoms with van der Waals surface area (Å²) < 4.78 is 19.0. The molecule has 0 spiro atoms. The highest BCUT2D eigenvalue weighted by molar-refractivity contribution is 9.10. The fourth-order valence-corrected chi connectivity index (χ4v) is 4.49. The van der Waals surface area contributed by atoms with Gasteiger partial charge in [0, 0.05) is 16.5 Å². The zero-order valence-electron chi connectivity index (χ0n) is 16.3. The van der Waals surface area contributed by atoms with E-state index in [9.17, 15) is 4.79 Å². The second kappa shape index (κ2) is 7.57. The van der Waals surface area contributed by atoms with Crippen LogP contribution in [0.25, 0.3) is 27.1 Å². The fourth-order valence-electron chi connectivity index (χ4n) is 3.42. The molecule has 1 aliphatic heterocycles. The number of furan rings is 1. The van der Waals surface area contributed by atoms with Gasteiger partial charge in [-0.2, -0.15) is 4.52 Å². The number of rotatable bonds is 4. The molecular weight excluding hydrogens is 496 g/mol. The first-order valence-corrected chi connectivity index (χ1v) is 11.2. The molecule has 0 radical (unpaired) electrons. The Morgan fingerprint density at radius 3 is 2.66 bits per heavy atom. The van der Waals surface area contributed by atoms with Gasteiger partial charge in [0.15, 0.2) is 22.3 Å². The van der Waals surface area contributed by atoms with Crippen LogP contribution in [0.3, 0.4) is 0 Å². The van der Waals surface area contributed by atoms with Crippen molar-refractivity contribution in [2.45, 2.75) is 6.42 Å². The van der Waals surface area contributed by atoms with Crippen molar-refractivity contribution in [3.63, 3.8) is 0 Å². The summed E-state index contributed by atoms with van der Waals surface area (Å²) in [5.74, 6) is 2.63. The Morgan fingerprint density at radius 1 is 0.969 bits per heavy atom. The average molecular weight is 509 g/mol. The molecule has 6 rings (SSSR count). The minimum atomic E-state index is -0.310. The normalized spacial score (nSPS) is 12.5. The number of halogens is 1. The second-order valence-electron chi connectivity index (χ2n) is 7.09. The molecule has 0 bridgehead atoms. The lowest BCUT2D eigenvalue weighted by Gasteiger charge is -2.02. The van der Waals surface area contributed by atoms with Crippen LogP contribution >= 0.6 is 27.3 Å². The highest BCUT2D eigenvalue weighted by Crippen LogP contribution is 2.33. The van der Waals surface area contributed by atoms with Gasteiger partial charge in [-0.1, -0.05) is 45.5 Å². The lowest BCUT2D eigenvalue weighted by atomic mass is 10.1. The number of hydrogen-bond acceptors (Lipinski definition) is 8. The van der Waals surface area contributed by atoms with Gasteiger partial charge in [0.2, 0.25) is 11.8 Å². The minimum Gasteiger partial charge on any atom is -0.454 e. The van der Waals surface area contributed by atoms with Crippen molar-refractivity contribution in [3.05, 3.63) is 80.7 Å². The predicted molar refractivity (Wildman–Crippen MR) is 121 cm³/mol. The van der Waals surface area contributed by atoms with Crippen LogP contribution in [0.15, 0.2) is 68.3 Å². The van der Waals surface area contributed by atoms with E-state index >= 15 is 0 Å². The zero-order chi connectivity index (χ0) is 21.7. The molecule has 10 heteroatoms. The summed E-state index contributed by atoms with van der Waals surface area (Å²) in [6.07, 6.45) is 0.312. The van der Waals surface area contributed by atoms with Gasteiger partial charge in [-0.3, -0.25) is 4.79 Å². The van der Waals surface area contributed by atoms with Crippen molar-refractivity contribution in [2.75, 3.05) is 6.79 Å². The number of benzene rings is 2. The van der Waals surface area contributed by atoms with Crippen LogP contribution in [-0.4, -0.2) is 26.6 Å². The molecule has 0 aliphatic carbocycles. The maximum atomic E-state index is 13.0. The van der Waals surface area contributed by atoms with E-state index in [0.29, 0.717) is 45.1 Å². The SMILES string of the molecule is O=c1c(Cc2ccc3c(c2)OCO3)nnc2sc(-c3ccc(-c4ccc(Br)cc4)o3)nn12. The summed E-state index contributed by atoms with van der Waals surface area (Å²) >= 11 is 4.68. The van der Waals surface area contributed by atoms with E-state index in [1.165, 1.54) is 15.9 Å². The van der Waals surface area contributed by atoms with Crippen LogP contribution in [0.2, 0.25) is 0 Å². The van der Waals surface area contributed by atoms with Gasteiger partial charge in [0.25, 0.3) is 5.56 Å². The van der Waals surface area contributed by atoms with Gasteiger partial charge >= 0.3 is 0 Å². The first-order valence-electron chi connectivity index (χ1n) is 9.64. The highest BCUT2D eigenvalue weighted by atomic mass is 79.9. The third kappa shape index (κ3) is 3.37. The molecule has 158 valence electrons. The number of aromatic nitrogens is 4. The summed E-state index contributed by atoms with van der Waals surface area (Å²) in [6.45, 7) is 0.200. The molecule has 4 heterocycles. The number of nitrogens with zero attached hydrogens (tertiary/aromatic N) is 4. The molecule has 8 nitrogen and oxygen atoms in total. The number of fused-ring (bicyclic) bond motifs is 2. The largest absolute Gasteiger partial charge is 0.454 e.